The number of halogens is 4. The van der Waals surface area contributed by atoms with Crippen LogP contribution in [0.2, 0.25) is 15.1 Å². The molecule has 0 saturated carbocycles. The van der Waals surface area contributed by atoms with Crippen LogP contribution in [0.5, 0.6) is 0 Å². The van der Waals surface area contributed by atoms with Gasteiger partial charge in [0.15, 0.2) is 0 Å². The molecule has 0 bridgehead atoms. The zero-order valence-corrected chi connectivity index (χ0v) is 25.1. The van der Waals surface area contributed by atoms with Gasteiger partial charge >= 0.3 is 5.97 Å². The van der Waals surface area contributed by atoms with Crippen LogP contribution in [0.25, 0.3) is 0 Å². The van der Waals surface area contributed by atoms with Crippen LogP contribution < -0.4 is 10.6 Å². The summed E-state index contributed by atoms with van der Waals surface area (Å²) in [6, 6.07) is 16.8. The first-order valence-corrected chi connectivity index (χ1v) is 13.6. The first-order valence-electron chi connectivity index (χ1n) is 12.5. The lowest BCUT2D eigenvalue weighted by Gasteiger charge is -2.49. The van der Waals surface area contributed by atoms with E-state index in [1.807, 2.05) is 11.0 Å². The number of carbonyl (C=O) groups is 2. The number of benzene rings is 3. The van der Waals surface area contributed by atoms with Crippen LogP contribution >= 0.6 is 47.2 Å². The fourth-order valence-electron chi connectivity index (χ4n) is 5.44. The molecule has 1 aliphatic heterocycles. The SMILES string of the molecule is CC(C)(C)c1ccc(CC(CC(N)=O)(c2ccc(Cl)c(Cl)c2)N2CCCc3cc(Cl)cc(C(=O)O)c32)cc1.Cl. The Bertz CT molecular complexity index is 1390. The molecule has 0 saturated heterocycles. The average molecular weight is 610 g/mol. The topological polar surface area (TPSA) is 83.6 Å². The number of carboxylic acid groups (broad SMARTS) is 1. The van der Waals surface area contributed by atoms with E-state index in [1.54, 1.807) is 18.2 Å². The summed E-state index contributed by atoms with van der Waals surface area (Å²) in [6.45, 7) is 6.97. The van der Waals surface area contributed by atoms with Crippen LogP contribution in [-0.2, 0) is 28.6 Å². The summed E-state index contributed by atoms with van der Waals surface area (Å²) in [6.07, 6.45) is 1.74. The highest BCUT2D eigenvalue weighted by molar-refractivity contribution is 6.42. The second kappa shape index (κ2) is 12.0. The lowest BCUT2D eigenvalue weighted by atomic mass is 9.76. The molecule has 0 fully saturated rings. The quantitative estimate of drug-likeness (QED) is 0.286. The van der Waals surface area contributed by atoms with Crippen molar-refractivity contribution in [3.63, 3.8) is 0 Å². The van der Waals surface area contributed by atoms with E-state index >= 15 is 0 Å². The Morgan fingerprint density at radius 2 is 1.59 bits per heavy atom. The molecule has 3 aromatic carbocycles. The standard InChI is InChI=1S/C30H31Cl3N2O3.ClH/c1-29(2,3)20-8-6-18(7-9-20)16-30(17-26(34)36,21-10-11-24(32)25(33)14-21)35-12-4-5-19-13-22(31)15-23(27(19)35)28(37)38;/h6-11,13-15H,4-5,12,16-17H2,1-3H3,(H2,34,36)(H,37,38);1H. The van der Waals surface area contributed by atoms with E-state index in [0.29, 0.717) is 40.1 Å². The number of aromatic carboxylic acids is 1. The molecule has 208 valence electrons. The van der Waals surface area contributed by atoms with Gasteiger partial charge in [-0.3, -0.25) is 4.79 Å². The van der Waals surface area contributed by atoms with E-state index in [1.165, 1.54) is 11.6 Å². The minimum absolute atomic E-state index is 0. The second-order valence-electron chi connectivity index (χ2n) is 10.9. The minimum Gasteiger partial charge on any atom is -0.478 e. The van der Waals surface area contributed by atoms with E-state index in [-0.39, 0.29) is 29.8 Å². The number of carboxylic acids is 1. The predicted octanol–water partition coefficient (Wildman–Crippen LogP) is 7.83. The Balaban J connectivity index is 0.00000420. The van der Waals surface area contributed by atoms with E-state index in [2.05, 4.69) is 45.0 Å². The molecule has 5 nitrogen and oxygen atoms in total. The minimum atomic E-state index is -1.09. The highest BCUT2D eigenvalue weighted by Crippen LogP contribution is 2.46. The maximum atomic E-state index is 12.7. The molecule has 1 amide bonds. The van der Waals surface area contributed by atoms with Crippen molar-refractivity contribution in [2.75, 3.05) is 11.4 Å². The molecule has 9 heteroatoms. The highest BCUT2D eigenvalue weighted by Gasteiger charge is 2.44. The largest absolute Gasteiger partial charge is 0.478 e. The van der Waals surface area contributed by atoms with E-state index < -0.39 is 17.4 Å². The number of anilines is 1. The number of carbonyl (C=O) groups excluding carboxylic acids is 1. The molecular weight excluding hydrogens is 578 g/mol. The van der Waals surface area contributed by atoms with Crippen molar-refractivity contribution in [1.82, 2.24) is 0 Å². The van der Waals surface area contributed by atoms with Gasteiger partial charge in [0.05, 0.1) is 33.3 Å². The van der Waals surface area contributed by atoms with Crippen molar-refractivity contribution < 1.29 is 14.7 Å². The summed E-state index contributed by atoms with van der Waals surface area (Å²) in [4.78, 5) is 27.2. The van der Waals surface area contributed by atoms with E-state index in [9.17, 15) is 14.7 Å². The van der Waals surface area contributed by atoms with Crippen molar-refractivity contribution in [1.29, 1.82) is 0 Å². The number of fused-ring (bicyclic) bond motifs is 1. The normalized spacial score (nSPS) is 14.7. The smallest absolute Gasteiger partial charge is 0.337 e. The Morgan fingerprint density at radius 1 is 0.949 bits per heavy atom. The molecule has 4 rings (SSSR count). The number of nitrogens with two attached hydrogens (primary N) is 1. The van der Waals surface area contributed by atoms with Crippen LogP contribution in [0.15, 0.2) is 54.6 Å². The van der Waals surface area contributed by atoms with Gasteiger partial charge < -0.3 is 15.7 Å². The maximum Gasteiger partial charge on any atom is 0.337 e. The third kappa shape index (κ3) is 6.49. The summed E-state index contributed by atoms with van der Waals surface area (Å²) in [5, 5.41) is 11.2. The summed E-state index contributed by atoms with van der Waals surface area (Å²) in [7, 11) is 0. The van der Waals surface area contributed by atoms with E-state index in [4.69, 9.17) is 40.5 Å². The Labute approximate surface area is 250 Å². The highest BCUT2D eigenvalue weighted by atomic mass is 35.5. The monoisotopic (exact) mass is 608 g/mol. The molecule has 3 N–H and O–H groups in total. The zero-order chi connectivity index (χ0) is 27.8. The van der Waals surface area contributed by atoms with Crippen LogP contribution in [0.4, 0.5) is 5.69 Å². The molecule has 0 aliphatic carbocycles. The van der Waals surface area contributed by atoms with Crippen molar-refractivity contribution in [3.8, 4) is 0 Å². The van der Waals surface area contributed by atoms with Gasteiger partial charge in [-0.1, -0.05) is 85.9 Å². The Hall–Kier alpha value is -2.44. The number of nitrogens with zero attached hydrogens (tertiary/aromatic N) is 1. The fourth-order valence-corrected chi connectivity index (χ4v) is 5.98. The molecule has 1 aliphatic rings. The molecule has 1 atom stereocenters. The number of hydrogen-bond acceptors (Lipinski definition) is 3. The second-order valence-corrected chi connectivity index (χ2v) is 12.2. The van der Waals surface area contributed by atoms with E-state index in [0.717, 1.165) is 23.1 Å². The first-order chi connectivity index (χ1) is 17.8. The van der Waals surface area contributed by atoms with Crippen LogP contribution in [0, 0.1) is 0 Å². The summed E-state index contributed by atoms with van der Waals surface area (Å²) in [5.41, 5.74) is 9.19. The van der Waals surface area contributed by atoms with Gasteiger partial charge in [-0.05, 0) is 64.8 Å². The average Bonchev–Trinajstić information content (AvgIpc) is 2.83. The van der Waals surface area contributed by atoms with Gasteiger partial charge in [-0.15, -0.1) is 12.4 Å². The third-order valence-electron chi connectivity index (χ3n) is 7.24. The lowest BCUT2D eigenvalue weighted by molar-refractivity contribution is -0.119. The van der Waals surface area contributed by atoms with Crippen molar-refractivity contribution >= 4 is 64.8 Å². The van der Waals surface area contributed by atoms with Gasteiger partial charge in [0.25, 0.3) is 0 Å². The summed E-state index contributed by atoms with van der Waals surface area (Å²) in [5.74, 6) is -1.60. The van der Waals surface area contributed by atoms with Crippen LogP contribution in [0.1, 0.15) is 66.2 Å². The molecule has 0 radical (unpaired) electrons. The van der Waals surface area contributed by atoms with Crippen molar-refractivity contribution in [2.24, 2.45) is 5.73 Å². The number of rotatable bonds is 7. The third-order valence-corrected chi connectivity index (χ3v) is 8.20. The van der Waals surface area contributed by atoms with Crippen molar-refractivity contribution in [3.05, 3.63) is 97.5 Å². The summed E-state index contributed by atoms with van der Waals surface area (Å²) >= 11 is 19.1. The molecule has 0 aromatic heterocycles. The molecule has 3 aromatic rings. The fraction of sp³-hybridized carbons (Fsp3) is 0.333. The molecular formula is C30H32Cl4N2O3. The molecule has 0 spiro atoms. The Morgan fingerprint density at radius 3 is 2.15 bits per heavy atom. The molecule has 1 unspecified atom stereocenters. The zero-order valence-electron chi connectivity index (χ0n) is 22.1. The summed E-state index contributed by atoms with van der Waals surface area (Å²) < 4.78 is 0. The number of primary amides is 1. The van der Waals surface area contributed by atoms with Gasteiger partial charge in [0, 0.05) is 18.0 Å². The number of amides is 1. The van der Waals surface area contributed by atoms with Gasteiger partial charge in [-0.2, -0.15) is 0 Å². The lowest BCUT2D eigenvalue weighted by Crippen LogP contribution is -2.53. The van der Waals surface area contributed by atoms with Gasteiger partial charge in [0.1, 0.15) is 0 Å². The molecule has 39 heavy (non-hydrogen) atoms. The predicted molar refractivity (Wildman–Crippen MR) is 162 cm³/mol. The Kier molecular flexibility index (Phi) is 9.55. The van der Waals surface area contributed by atoms with Gasteiger partial charge in [0.2, 0.25) is 5.91 Å². The number of aryl methyl sites for hydroxylation is 1. The van der Waals surface area contributed by atoms with Crippen LogP contribution in [-0.4, -0.2) is 23.5 Å². The van der Waals surface area contributed by atoms with Crippen LogP contribution in [0.3, 0.4) is 0 Å². The maximum absolute atomic E-state index is 12.7. The number of hydrogen-bond donors (Lipinski definition) is 2. The van der Waals surface area contributed by atoms with Gasteiger partial charge in [-0.25, -0.2) is 4.79 Å². The first kappa shape index (κ1) is 31.1. The molecule has 1 heterocycles. The van der Waals surface area contributed by atoms with Crippen molar-refractivity contribution in [2.45, 2.75) is 57.4 Å².